The van der Waals surface area contributed by atoms with E-state index in [0.717, 1.165) is 4.90 Å². The lowest BCUT2D eigenvalue weighted by Gasteiger charge is -2.09. The predicted molar refractivity (Wildman–Crippen MR) is 104 cm³/mol. The normalized spacial score (nSPS) is 10.2. The van der Waals surface area contributed by atoms with E-state index in [1.807, 2.05) is 30.5 Å². The second-order valence-electron chi connectivity index (χ2n) is 5.00. The molecule has 0 aromatic heterocycles. The van der Waals surface area contributed by atoms with Gasteiger partial charge in [-0.05, 0) is 42.7 Å². The number of nitrogens with one attached hydrogen (secondary N) is 3. The lowest BCUT2D eigenvalue weighted by molar-refractivity contribution is 0.0954. The highest BCUT2D eigenvalue weighted by molar-refractivity contribution is 7.98. The number of hydrogen-bond acceptors (Lipinski definition) is 3. The van der Waals surface area contributed by atoms with Crippen molar-refractivity contribution in [3.8, 4) is 0 Å². The first-order chi connectivity index (χ1) is 12.0. The van der Waals surface area contributed by atoms with Gasteiger partial charge in [-0.15, -0.1) is 11.8 Å². The van der Waals surface area contributed by atoms with Gasteiger partial charge in [-0.2, -0.15) is 0 Å². The molecule has 3 amide bonds. The monoisotopic (exact) mass is 397 g/mol. The van der Waals surface area contributed by atoms with Gasteiger partial charge in [0.1, 0.15) is 0 Å². The van der Waals surface area contributed by atoms with Crippen LogP contribution in [0.3, 0.4) is 0 Å². The fraction of sp³-hybridized carbons (Fsp3) is 0.176. The van der Waals surface area contributed by atoms with Crippen molar-refractivity contribution in [2.75, 3.05) is 24.7 Å². The van der Waals surface area contributed by atoms with Crippen LogP contribution in [0.4, 0.5) is 10.5 Å². The minimum atomic E-state index is -0.331. The number of thioether (sulfide) groups is 1. The molecule has 0 heterocycles. The molecular weight excluding hydrogens is 381 g/mol. The average Bonchev–Trinajstić information content (AvgIpc) is 2.61. The Bertz CT molecular complexity index is 771. The summed E-state index contributed by atoms with van der Waals surface area (Å²) >= 11 is 13.3. The Labute approximate surface area is 160 Å². The van der Waals surface area contributed by atoms with Crippen molar-refractivity contribution in [1.82, 2.24) is 10.6 Å². The van der Waals surface area contributed by atoms with Crippen molar-refractivity contribution in [3.05, 3.63) is 58.1 Å². The lowest BCUT2D eigenvalue weighted by Crippen LogP contribution is -2.36. The van der Waals surface area contributed by atoms with E-state index < -0.39 is 0 Å². The molecule has 25 heavy (non-hydrogen) atoms. The van der Waals surface area contributed by atoms with Gasteiger partial charge in [-0.3, -0.25) is 4.79 Å². The highest BCUT2D eigenvalue weighted by atomic mass is 35.5. The third kappa shape index (κ3) is 6.16. The van der Waals surface area contributed by atoms with Gasteiger partial charge >= 0.3 is 6.03 Å². The average molecular weight is 398 g/mol. The largest absolute Gasteiger partial charge is 0.350 e. The molecule has 3 N–H and O–H groups in total. The van der Waals surface area contributed by atoms with E-state index >= 15 is 0 Å². The van der Waals surface area contributed by atoms with E-state index in [0.29, 0.717) is 27.8 Å². The van der Waals surface area contributed by atoms with Crippen molar-refractivity contribution in [1.29, 1.82) is 0 Å². The molecule has 0 unspecified atom stereocenters. The number of halogens is 2. The molecule has 0 spiro atoms. The summed E-state index contributed by atoms with van der Waals surface area (Å²) in [5.41, 5.74) is 1.12. The molecular formula is C17H17Cl2N3O2S. The minimum Gasteiger partial charge on any atom is -0.350 e. The fourth-order valence-corrected chi connectivity index (χ4v) is 2.73. The summed E-state index contributed by atoms with van der Waals surface area (Å²) < 4.78 is 0. The number of carbonyl (C=O) groups is 2. The van der Waals surface area contributed by atoms with Gasteiger partial charge < -0.3 is 16.0 Å². The van der Waals surface area contributed by atoms with Crippen LogP contribution >= 0.6 is 35.0 Å². The Hall–Kier alpha value is -1.89. The van der Waals surface area contributed by atoms with Crippen molar-refractivity contribution >= 4 is 52.6 Å². The van der Waals surface area contributed by atoms with Crippen LogP contribution in [0.2, 0.25) is 10.0 Å². The Morgan fingerprint density at radius 2 is 1.76 bits per heavy atom. The van der Waals surface area contributed by atoms with Gasteiger partial charge in [0.15, 0.2) is 0 Å². The van der Waals surface area contributed by atoms with E-state index in [1.165, 1.54) is 6.07 Å². The Morgan fingerprint density at radius 1 is 1.00 bits per heavy atom. The number of urea groups is 1. The van der Waals surface area contributed by atoms with Crippen LogP contribution in [0, 0.1) is 0 Å². The van der Waals surface area contributed by atoms with E-state index in [1.54, 1.807) is 23.9 Å². The van der Waals surface area contributed by atoms with E-state index in [9.17, 15) is 9.59 Å². The number of benzene rings is 2. The molecule has 5 nitrogen and oxygen atoms in total. The maximum absolute atomic E-state index is 12.0. The van der Waals surface area contributed by atoms with Gasteiger partial charge in [-0.25, -0.2) is 4.79 Å². The molecule has 0 aliphatic heterocycles. The zero-order valence-corrected chi connectivity index (χ0v) is 15.8. The number of amides is 3. The van der Waals surface area contributed by atoms with Gasteiger partial charge in [0.05, 0.1) is 10.0 Å². The van der Waals surface area contributed by atoms with Crippen molar-refractivity contribution < 1.29 is 9.59 Å². The zero-order valence-electron chi connectivity index (χ0n) is 13.4. The molecule has 8 heteroatoms. The van der Waals surface area contributed by atoms with Crippen LogP contribution < -0.4 is 16.0 Å². The molecule has 0 aliphatic rings. The minimum absolute atomic E-state index is 0.284. The molecule has 0 bridgehead atoms. The van der Waals surface area contributed by atoms with Crippen LogP contribution in [0.5, 0.6) is 0 Å². The number of rotatable bonds is 6. The van der Waals surface area contributed by atoms with Gasteiger partial charge in [-0.1, -0.05) is 29.3 Å². The SMILES string of the molecule is CSc1cccc(NC(=O)NCCNC(=O)c2ccc(Cl)c(Cl)c2)c1. The second-order valence-corrected chi connectivity index (χ2v) is 6.69. The molecule has 2 rings (SSSR count). The van der Waals surface area contributed by atoms with Crippen LogP contribution in [0.15, 0.2) is 47.4 Å². The molecule has 0 saturated heterocycles. The maximum Gasteiger partial charge on any atom is 0.319 e. The lowest BCUT2D eigenvalue weighted by atomic mass is 10.2. The summed E-state index contributed by atoms with van der Waals surface area (Å²) in [4.78, 5) is 24.9. The maximum atomic E-state index is 12.0. The van der Waals surface area contributed by atoms with Gasteiger partial charge in [0.25, 0.3) is 5.91 Å². The Morgan fingerprint density at radius 3 is 2.48 bits per heavy atom. The highest BCUT2D eigenvalue weighted by Gasteiger charge is 2.08. The Balaban J connectivity index is 1.73. The molecule has 2 aromatic carbocycles. The van der Waals surface area contributed by atoms with Crippen molar-refractivity contribution in [3.63, 3.8) is 0 Å². The topological polar surface area (TPSA) is 70.2 Å². The molecule has 0 aliphatic carbocycles. The summed E-state index contributed by atoms with van der Waals surface area (Å²) in [6, 6.07) is 11.8. The standard InChI is InChI=1S/C17H17Cl2N3O2S/c1-25-13-4-2-3-12(10-13)22-17(24)21-8-7-20-16(23)11-5-6-14(18)15(19)9-11/h2-6,9-10H,7-8H2,1H3,(H,20,23)(H2,21,22,24). The van der Waals surface area contributed by atoms with Crippen LogP contribution in [-0.2, 0) is 0 Å². The molecule has 0 radical (unpaired) electrons. The van der Waals surface area contributed by atoms with E-state index in [-0.39, 0.29) is 18.5 Å². The van der Waals surface area contributed by atoms with Crippen LogP contribution in [-0.4, -0.2) is 31.3 Å². The van der Waals surface area contributed by atoms with Gasteiger partial charge in [0, 0.05) is 29.2 Å². The number of carbonyl (C=O) groups excluding carboxylic acids is 2. The van der Waals surface area contributed by atoms with Crippen molar-refractivity contribution in [2.24, 2.45) is 0 Å². The summed E-state index contributed by atoms with van der Waals surface area (Å²) in [7, 11) is 0. The van der Waals surface area contributed by atoms with Gasteiger partial charge in [0.2, 0.25) is 0 Å². The molecule has 2 aromatic rings. The van der Waals surface area contributed by atoms with Crippen LogP contribution in [0.1, 0.15) is 10.4 Å². The molecule has 132 valence electrons. The first kappa shape index (κ1) is 19.4. The van der Waals surface area contributed by atoms with Crippen LogP contribution in [0.25, 0.3) is 0 Å². The summed E-state index contributed by atoms with van der Waals surface area (Å²) in [5, 5.41) is 8.83. The third-order valence-corrected chi connectivity index (χ3v) is 4.67. The number of anilines is 1. The first-order valence-electron chi connectivity index (χ1n) is 7.42. The first-order valence-corrected chi connectivity index (χ1v) is 9.40. The molecule has 0 atom stereocenters. The van der Waals surface area contributed by atoms with E-state index in [4.69, 9.17) is 23.2 Å². The fourth-order valence-electron chi connectivity index (χ4n) is 1.97. The third-order valence-electron chi connectivity index (χ3n) is 3.21. The van der Waals surface area contributed by atoms with Crippen molar-refractivity contribution in [2.45, 2.75) is 4.90 Å². The molecule has 0 fully saturated rings. The smallest absolute Gasteiger partial charge is 0.319 e. The molecule has 0 saturated carbocycles. The summed E-state index contributed by atoms with van der Waals surface area (Å²) in [6.07, 6.45) is 1.97. The second kappa shape index (κ2) is 9.56. The predicted octanol–water partition coefficient (Wildman–Crippen LogP) is 4.27. The van der Waals surface area contributed by atoms with E-state index in [2.05, 4.69) is 16.0 Å². The highest BCUT2D eigenvalue weighted by Crippen LogP contribution is 2.22. The Kier molecular flexibility index (Phi) is 7.43. The number of hydrogen-bond donors (Lipinski definition) is 3. The quantitative estimate of drug-likeness (QED) is 0.503. The summed E-state index contributed by atoms with van der Waals surface area (Å²) in [6.45, 7) is 0.582. The zero-order chi connectivity index (χ0) is 18.2. The summed E-state index contributed by atoms with van der Waals surface area (Å²) in [5.74, 6) is -0.284.